The third-order valence-corrected chi connectivity index (χ3v) is 10.2. The van der Waals surface area contributed by atoms with E-state index in [0.29, 0.717) is 0 Å². The maximum absolute atomic E-state index is 2.41. The molecule has 0 fully saturated rings. The number of hydrogen-bond acceptors (Lipinski definition) is 1. The van der Waals surface area contributed by atoms with Gasteiger partial charge in [-0.15, -0.1) is 11.3 Å². The van der Waals surface area contributed by atoms with E-state index in [0.717, 1.165) is 0 Å². The third kappa shape index (κ3) is 3.94. The average molecular weight is 595 g/mol. The standard InChI is InChI=1S/C42H30N2S/c1-27-41(29-21-23-39-35(25-29)33-17-9-11-19-37(33)43(39)31-13-5-3-6-14-31)42(28(2)45-27)30-22-24-40-36(26-30)34-18-10-12-20-38(34)44(40)32-15-7-4-8-16-32/h3-26H,1-2H3. The Hall–Kier alpha value is -5.38. The predicted octanol–water partition coefficient (Wildman–Crippen LogP) is 11.9. The van der Waals surface area contributed by atoms with Gasteiger partial charge in [0.05, 0.1) is 22.1 Å². The molecule has 0 saturated heterocycles. The summed E-state index contributed by atoms with van der Waals surface area (Å²) >= 11 is 1.90. The maximum atomic E-state index is 2.41. The molecule has 0 spiro atoms. The lowest BCUT2D eigenvalue weighted by Gasteiger charge is -2.11. The number of benzene rings is 6. The molecule has 0 N–H and O–H groups in total. The highest BCUT2D eigenvalue weighted by molar-refractivity contribution is 7.13. The highest BCUT2D eigenvalue weighted by Crippen LogP contribution is 2.46. The molecule has 6 aromatic carbocycles. The van der Waals surface area contributed by atoms with Crippen molar-refractivity contribution in [3.8, 4) is 33.6 Å². The van der Waals surface area contributed by atoms with Crippen molar-refractivity contribution in [2.75, 3.05) is 0 Å². The topological polar surface area (TPSA) is 9.86 Å². The smallest absolute Gasteiger partial charge is 0.0541 e. The van der Waals surface area contributed by atoms with E-state index < -0.39 is 0 Å². The van der Waals surface area contributed by atoms with Crippen LogP contribution in [0.5, 0.6) is 0 Å². The molecule has 214 valence electrons. The molecule has 0 aliphatic rings. The van der Waals surface area contributed by atoms with Gasteiger partial charge in [-0.05, 0) is 85.6 Å². The molecule has 0 unspecified atom stereocenters. The first kappa shape index (κ1) is 26.1. The summed E-state index contributed by atoms with van der Waals surface area (Å²) < 4.78 is 4.77. The van der Waals surface area contributed by atoms with Crippen LogP contribution in [0.1, 0.15) is 9.75 Å². The van der Waals surface area contributed by atoms with Gasteiger partial charge in [-0.3, -0.25) is 0 Å². The second-order valence-electron chi connectivity index (χ2n) is 11.8. The van der Waals surface area contributed by atoms with Crippen molar-refractivity contribution in [2.45, 2.75) is 13.8 Å². The molecule has 3 heteroatoms. The van der Waals surface area contributed by atoms with Crippen LogP contribution in [0.3, 0.4) is 0 Å². The van der Waals surface area contributed by atoms with Crippen LogP contribution in [-0.4, -0.2) is 9.13 Å². The fourth-order valence-corrected chi connectivity index (χ4v) is 8.45. The molecule has 0 aliphatic heterocycles. The first-order valence-electron chi connectivity index (χ1n) is 15.5. The van der Waals surface area contributed by atoms with Crippen molar-refractivity contribution in [3.63, 3.8) is 0 Å². The molecular formula is C42H30N2S. The van der Waals surface area contributed by atoms with Gasteiger partial charge >= 0.3 is 0 Å². The van der Waals surface area contributed by atoms with Gasteiger partial charge in [0.25, 0.3) is 0 Å². The van der Waals surface area contributed by atoms with Gasteiger partial charge in [-0.2, -0.15) is 0 Å². The van der Waals surface area contributed by atoms with Crippen LogP contribution in [-0.2, 0) is 0 Å². The maximum Gasteiger partial charge on any atom is 0.0541 e. The molecular weight excluding hydrogens is 565 g/mol. The van der Waals surface area contributed by atoms with Crippen LogP contribution in [0.2, 0.25) is 0 Å². The molecule has 0 radical (unpaired) electrons. The van der Waals surface area contributed by atoms with Crippen LogP contribution in [0.25, 0.3) is 77.2 Å². The summed E-state index contributed by atoms with van der Waals surface area (Å²) in [6, 6.07) is 53.0. The first-order chi connectivity index (χ1) is 22.2. The van der Waals surface area contributed by atoms with E-state index in [2.05, 4.69) is 169 Å². The summed E-state index contributed by atoms with van der Waals surface area (Å²) in [5, 5.41) is 5.11. The number of rotatable bonds is 4. The zero-order valence-corrected chi connectivity index (χ0v) is 26.0. The lowest BCUT2D eigenvalue weighted by molar-refractivity contribution is 1.18. The van der Waals surface area contributed by atoms with E-state index in [4.69, 9.17) is 0 Å². The average Bonchev–Trinajstić information content (AvgIpc) is 3.71. The van der Waals surface area contributed by atoms with Gasteiger partial charge < -0.3 is 9.13 Å². The van der Waals surface area contributed by atoms with Gasteiger partial charge in [0.15, 0.2) is 0 Å². The number of fused-ring (bicyclic) bond motifs is 6. The zero-order valence-electron chi connectivity index (χ0n) is 25.2. The number of nitrogens with zero attached hydrogens (tertiary/aromatic N) is 2. The minimum atomic E-state index is 1.18. The molecule has 2 nitrogen and oxygen atoms in total. The van der Waals surface area contributed by atoms with E-state index in [9.17, 15) is 0 Å². The Morgan fingerprint density at radius 3 is 1.20 bits per heavy atom. The molecule has 0 amide bonds. The van der Waals surface area contributed by atoms with E-state index in [-0.39, 0.29) is 0 Å². The Kier molecular flexibility index (Phi) is 5.84. The third-order valence-electron chi connectivity index (χ3n) is 9.21. The van der Waals surface area contributed by atoms with Crippen LogP contribution in [0.15, 0.2) is 146 Å². The monoisotopic (exact) mass is 594 g/mol. The van der Waals surface area contributed by atoms with E-state index >= 15 is 0 Å². The van der Waals surface area contributed by atoms with Crippen molar-refractivity contribution >= 4 is 54.9 Å². The number of aryl methyl sites for hydroxylation is 2. The predicted molar refractivity (Wildman–Crippen MR) is 193 cm³/mol. The van der Waals surface area contributed by atoms with E-state index in [1.54, 1.807) is 0 Å². The highest BCUT2D eigenvalue weighted by Gasteiger charge is 2.21. The first-order valence-corrected chi connectivity index (χ1v) is 16.3. The lowest BCUT2D eigenvalue weighted by atomic mass is 9.93. The summed E-state index contributed by atoms with van der Waals surface area (Å²) in [6.45, 7) is 4.54. The second-order valence-corrected chi connectivity index (χ2v) is 13.2. The van der Waals surface area contributed by atoms with Crippen LogP contribution in [0, 0.1) is 13.8 Å². The Morgan fingerprint density at radius 1 is 0.378 bits per heavy atom. The largest absolute Gasteiger partial charge is 0.309 e. The Labute approximate surface area is 266 Å². The molecule has 0 aliphatic carbocycles. The molecule has 0 bridgehead atoms. The van der Waals surface area contributed by atoms with E-state index in [1.165, 1.54) is 87.0 Å². The molecule has 9 rings (SSSR count). The minimum absolute atomic E-state index is 1.18. The molecule has 3 aromatic heterocycles. The Morgan fingerprint density at radius 2 is 0.756 bits per heavy atom. The fourth-order valence-electron chi connectivity index (χ4n) is 7.35. The minimum Gasteiger partial charge on any atom is -0.309 e. The zero-order chi connectivity index (χ0) is 30.1. The summed E-state index contributed by atoms with van der Waals surface area (Å²) in [6.07, 6.45) is 0. The summed E-state index contributed by atoms with van der Waals surface area (Å²) in [4.78, 5) is 2.70. The molecule has 0 atom stereocenters. The lowest BCUT2D eigenvalue weighted by Crippen LogP contribution is -1.93. The second kappa shape index (κ2) is 10.1. The summed E-state index contributed by atoms with van der Waals surface area (Å²) in [5.41, 5.74) is 12.5. The molecule has 3 heterocycles. The quantitative estimate of drug-likeness (QED) is 0.192. The summed E-state index contributed by atoms with van der Waals surface area (Å²) in [5.74, 6) is 0. The fraction of sp³-hybridized carbons (Fsp3) is 0.0476. The molecule has 0 saturated carbocycles. The Balaban J connectivity index is 1.27. The van der Waals surface area contributed by atoms with Crippen LogP contribution in [0.4, 0.5) is 0 Å². The Bertz CT molecular complexity index is 2370. The van der Waals surface area contributed by atoms with Crippen LogP contribution < -0.4 is 0 Å². The van der Waals surface area contributed by atoms with E-state index in [1.807, 2.05) is 11.3 Å². The number of aromatic nitrogens is 2. The highest BCUT2D eigenvalue weighted by atomic mass is 32.1. The van der Waals surface area contributed by atoms with Gasteiger partial charge in [0.1, 0.15) is 0 Å². The van der Waals surface area contributed by atoms with Crippen molar-refractivity contribution in [1.29, 1.82) is 0 Å². The van der Waals surface area contributed by atoms with Crippen molar-refractivity contribution in [2.24, 2.45) is 0 Å². The van der Waals surface area contributed by atoms with Crippen molar-refractivity contribution in [3.05, 3.63) is 155 Å². The SMILES string of the molecule is Cc1sc(C)c(-c2ccc3c(c2)c2ccccc2n3-c2ccccc2)c1-c1ccc2c(c1)c1ccccc1n2-c1ccccc1. The molecule has 45 heavy (non-hydrogen) atoms. The van der Waals surface area contributed by atoms with Gasteiger partial charge in [0, 0.05) is 53.8 Å². The number of hydrogen-bond donors (Lipinski definition) is 0. The number of para-hydroxylation sites is 4. The van der Waals surface area contributed by atoms with Gasteiger partial charge in [-0.1, -0.05) is 84.9 Å². The van der Waals surface area contributed by atoms with Crippen molar-refractivity contribution < 1.29 is 0 Å². The van der Waals surface area contributed by atoms with Crippen molar-refractivity contribution in [1.82, 2.24) is 9.13 Å². The van der Waals surface area contributed by atoms with Gasteiger partial charge in [-0.25, -0.2) is 0 Å². The summed E-state index contributed by atoms with van der Waals surface area (Å²) in [7, 11) is 0. The normalized spacial score (nSPS) is 11.8. The van der Waals surface area contributed by atoms with Crippen LogP contribution >= 0.6 is 11.3 Å². The van der Waals surface area contributed by atoms with Gasteiger partial charge in [0.2, 0.25) is 0 Å². The molecule has 9 aromatic rings. The number of thiophene rings is 1.